The minimum Gasteiger partial charge on any atom is -0.497 e. The Morgan fingerprint density at radius 2 is 1.96 bits per heavy atom. The number of ether oxygens (including phenoxy) is 1. The maximum absolute atomic E-state index is 12.2. The summed E-state index contributed by atoms with van der Waals surface area (Å²) in [5.41, 5.74) is 1.79. The van der Waals surface area contributed by atoms with Crippen molar-refractivity contribution in [1.82, 2.24) is 15.2 Å². The van der Waals surface area contributed by atoms with Crippen LogP contribution in [0.5, 0.6) is 5.75 Å². The van der Waals surface area contributed by atoms with Crippen molar-refractivity contribution in [3.8, 4) is 5.75 Å². The molecule has 0 spiro atoms. The molecule has 1 aromatic heterocycles. The molecule has 2 aromatic rings. The number of hydrogen-bond donors (Lipinski definition) is 1. The second kappa shape index (κ2) is 8.62. The lowest BCUT2D eigenvalue weighted by molar-refractivity contribution is 0.0935. The zero-order valence-corrected chi connectivity index (χ0v) is 14.6. The van der Waals surface area contributed by atoms with Crippen LogP contribution in [0.15, 0.2) is 48.7 Å². The average Bonchev–Trinajstić information content (AvgIpc) is 2.68. The van der Waals surface area contributed by atoms with Gasteiger partial charge in [0.1, 0.15) is 5.75 Å². The summed E-state index contributed by atoms with van der Waals surface area (Å²) in [5.74, 6) is 1.29. The molecule has 2 heterocycles. The van der Waals surface area contributed by atoms with Gasteiger partial charge in [-0.25, -0.2) is 0 Å². The Morgan fingerprint density at radius 1 is 1.20 bits per heavy atom. The van der Waals surface area contributed by atoms with E-state index in [2.05, 4.69) is 21.3 Å². The van der Waals surface area contributed by atoms with Gasteiger partial charge in [-0.15, -0.1) is 0 Å². The zero-order valence-electron chi connectivity index (χ0n) is 14.6. The lowest BCUT2D eigenvalue weighted by Crippen LogP contribution is -2.38. The molecule has 0 saturated carbocycles. The SMILES string of the molecule is COc1ccc(C(=O)NCC2CCN(Cc3ccccn3)CC2)cc1. The van der Waals surface area contributed by atoms with E-state index in [-0.39, 0.29) is 5.91 Å². The predicted molar refractivity (Wildman–Crippen MR) is 97.6 cm³/mol. The minimum atomic E-state index is -0.0152. The molecule has 1 aliphatic heterocycles. The van der Waals surface area contributed by atoms with Gasteiger partial charge in [0.2, 0.25) is 0 Å². The Balaban J connectivity index is 1.40. The molecule has 1 N–H and O–H groups in total. The Labute approximate surface area is 149 Å². The molecule has 1 saturated heterocycles. The van der Waals surface area contributed by atoms with E-state index in [0.29, 0.717) is 11.5 Å². The molecule has 0 aliphatic carbocycles. The van der Waals surface area contributed by atoms with Gasteiger partial charge >= 0.3 is 0 Å². The molecule has 1 aromatic carbocycles. The van der Waals surface area contributed by atoms with Gasteiger partial charge in [0.15, 0.2) is 0 Å². The molecule has 1 amide bonds. The Morgan fingerprint density at radius 3 is 2.60 bits per heavy atom. The summed E-state index contributed by atoms with van der Waals surface area (Å²) >= 11 is 0. The Kier molecular flexibility index (Phi) is 6.01. The molecule has 0 unspecified atom stereocenters. The number of likely N-dealkylation sites (tertiary alicyclic amines) is 1. The first-order valence-corrected chi connectivity index (χ1v) is 8.79. The van der Waals surface area contributed by atoms with Gasteiger partial charge in [0, 0.05) is 24.8 Å². The van der Waals surface area contributed by atoms with Gasteiger partial charge in [-0.1, -0.05) is 6.07 Å². The van der Waals surface area contributed by atoms with Crippen LogP contribution in [-0.2, 0) is 6.54 Å². The summed E-state index contributed by atoms with van der Waals surface area (Å²) in [6.45, 7) is 3.76. The highest BCUT2D eigenvalue weighted by molar-refractivity contribution is 5.94. The largest absolute Gasteiger partial charge is 0.497 e. The smallest absolute Gasteiger partial charge is 0.251 e. The van der Waals surface area contributed by atoms with E-state index in [1.165, 1.54) is 0 Å². The van der Waals surface area contributed by atoms with E-state index in [0.717, 1.165) is 50.5 Å². The molecular formula is C20H25N3O2. The van der Waals surface area contributed by atoms with Crippen molar-refractivity contribution in [2.75, 3.05) is 26.7 Å². The Hall–Kier alpha value is -2.40. The predicted octanol–water partition coefficient (Wildman–Crippen LogP) is 2.73. The number of carbonyl (C=O) groups is 1. The molecule has 5 heteroatoms. The third-order valence-electron chi connectivity index (χ3n) is 4.72. The van der Waals surface area contributed by atoms with Crippen molar-refractivity contribution in [3.05, 3.63) is 59.9 Å². The summed E-state index contributed by atoms with van der Waals surface area (Å²) < 4.78 is 5.12. The normalized spacial score (nSPS) is 15.7. The van der Waals surface area contributed by atoms with Crippen molar-refractivity contribution in [1.29, 1.82) is 0 Å². The first-order valence-electron chi connectivity index (χ1n) is 8.79. The summed E-state index contributed by atoms with van der Waals surface area (Å²) in [4.78, 5) is 19.0. The van der Waals surface area contributed by atoms with Gasteiger partial charge in [0.25, 0.3) is 5.91 Å². The van der Waals surface area contributed by atoms with E-state index < -0.39 is 0 Å². The highest BCUT2D eigenvalue weighted by Crippen LogP contribution is 2.18. The molecule has 25 heavy (non-hydrogen) atoms. The molecule has 3 rings (SSSR count). The van der Waals surface area contributed by atoms with Crippen LogP contribution in [0, 0.1) is 5.92 Å². The van der Waals surface area contributed by atoms with Crippen LogP contribution in [-0.4, -0.2) is 42.5 Å². The number of hydrogen-bond acceptors (Lipinski definition) is 4. The van der Waals surface area contributed by atoms with Gasteiger partial charge in [-0.2, -0.15) is 0 Å². The number of rotatable bonds is 6. The maximum Gasteiger partial charge on any atom is 0.251 e. The molecule has 1 aliphatic rings. The van der Waals surface area contributed by atoms with Gasteiger partial charge in [-0.3, -0.25) is 14.7 Å². The lowest BCUT2D eigenvalue weighted by Gasteiger charge is -2.31. The second-order valence-corrected chi connectivity index (χ2v) is 6.48. The van der Waals surface area contributed by atoms with Gasteiger partial charge in [-0.05, 0) is 68.2 Å². The lowest BCUT2D eigenvalue weighted by atomic mass is 9.96. The van der Waals surface area contributed by atoms with Crippen LogP contribution >= 0.6 is 0 Å². The Bertz CT molecular complexity index is 665. The molecule has 0 radical (unpaired) electrons. The fourth-order valence-corrected chi connectivity index (χ4v) is 3.15. The van der Waals surface area contributed by atoms with Crippen LogP contribution in [0.3, 0.4) is 0 Å². The molecular weight excluding hydrogens is 314 g/mol. The molecule has 0 atom stereocenters. The van der Waals surface area contributed by atoms with Crippen LogP contribution in [0.1, 0.15) is 28.9 Å². The fourth-order valence-electron chi connectivity index (χ4n) is 3.15. The van der Waals surface area contributed by atoms with Crippen molar-refractivity contribution in [2.24, 2.45) is 5.92 Å². The fraction of sp³-hybridized carbons (Fsp3) is 0.400. The van der Waals surface area contributed by atoms with Crippen molar-refractivity contribution in [3.63, 3.8) is 0 Å². The number of amides is 1. The zero-order chi connectivity index (χ0) is 17.5. The third-order valence-corrected chi connectivity index (χ3v) is 4.72. The van der Waals surface area contributed by atoms with E-state index in [9.17, 15) is 4.79 Å². The first-order chi connectivity index (χ1) is 12.2. The highest BCUT2D eigenvalue weighted by atomic mass is 16.5. The number of nitrogens with zero attached hydrogens (tertiary/aromatic N) is 2. The van der Waals surface area contributed by atoms with Gasteiger partial charge in [0.05, 0.1) is 12.8 Å². The van der Waals surface area contributed by atoms with E-state index in [4.69, 9.17) is 4.74 Å². The summed E-state index contributed by atoms with van der Waals surface area (Å²) in [6, 6.07) is 13.3. The molecule has 132 valence electrons. The number of pyridine rings is 1. The summed E-state index contributed by atoms with van der Waals surface area (Å²) in [6.07, 6.45) is 4.06. The number of nitrogens with one attached hydrogen (secondary N) is 1. The number of carbonyl (C=O) groups excluding carboxylic acids is 1. The average molecular weight is 339 g/mol. The third kappa shape index (κ3) is 5.03. The van der Waals surface area contributed by atoms with E-state index in [1.807, 2.05) is 30.5 Å². The number of benzene rings is 1. The quantitative estimate of drug-likeness (QED) is 0.879. The maximum atomic E-state index is 12.2. The topological polar surface area (TPSA) is 54.5 Å². The molecule has 5 nitrogen and oxygen atoms in total. The summed E-state index contributed by atoms with van der Waals surface area (Å²) in [7, 11) is 1.62. The van der Waals surface area contributed by atoms with E-state index in [1.54, 1.807) is 19.2 Å². The van der Waals surface area contributed by atoms with Crippen LogP contribution in [0.2, 0.25) is 0 Å². The van der Waals surface area contributed by atoms with Crippen LogP contribution in [0.4, 0.5) is 0 Å². The first kappa shape index (κ1) is 17.4. The standard InChI is InChI=1S/C20H25N3O2/c1-25-19-7-5-17(6-8-19)20(24)22-14-16-9-12-23(13-10-16)15-18-4-2-3-11-21-18/h2-8,11,16H,9-10,12-15H2,1H3,(H,22,24). The van der Waals surface area contributed by atoms with E-state index >= 15 is 0 Å². The van der Waals surface area contributed by atoms with Gasteiger partial charge < -0.3 is 10.1 Å². The number of aromatic nitrogens is 1. The number of methoxy groups -OCH3 is 1. The van der Waals surface area contributed by atoms with Crippen molar-refractivity contribution >= 4 is 5.91 Å². The molecule has 1 fully saturated rings. The minimum absolute atomic E-state index is 0.0152. The van der Waals surface area contributed by atoms with Crippen molar-refractivity contribution in [2.45, 2.75) is 19.4 Å². The number of piperidine rings is 1. The van der Waals surface area contributed by atoms with Crippen LogP contribution in [0.25, 0.3) is 0 Å². The van der Waals surface area contributed by atoms with Crippen molar-refractivity contribution < 1.29 is 9.53 Å². The highest BCUT2D eigenvalue weighted by Gasteiger charge is 2.20. The summed E-state index contributed by atoms with van der Waals surface area (Å²) in [5, 5.41) is 3.06. The van der Waals surface area contributed by atoms with Crippen LogP contribution < -0.4 is 10.1 Å². The second-order valence-electron chi connectivity index (χ2n) is 6.48. The monoisotopic (exact) mass is 339 g/mol. The molecule has 0 bridgehead atoms.